The van der Waals surface area contributed by atoms with E-state index in [2.05, 4.69) is 37.3 Å². The number of carboxylic acid groups (broad SMARTS) is 1. The van der Waals surface area contributed by atoms with Crippen LogP contribution in [0.25, 0.3) is 39.3 Å². The third-order valence-electron chi connectivity index (χ3n) is 5.84. The first-order chi connectivity index (χ1) is 17.5. The second-order valence-electron chi connectivity index (χ2n) is 8.42. The third-order valence-corrected chi connectivity index (χ3v) is 6.09. The molecule has 1 heterocycles. The van der Waals surface area contributed by atoms with Gasteiger partial charge in [-0.1, -0.05) is 77.8 Å². The molecule has 0 aliphatic heterocycles. The lowest BCUT2D eigenvalue weighted by Crippen LogP contribution is -2.09. The van der Waals surface area contributed by atoms with Crippen molar-refractivity contribution < 1.29 is 14.6 Å². The molecule has 1 N–H and O–H groups in total. The summed E-state index contributed by atoms with van der Waals surface area (Å²) < 4.78 is 7.33. The second kappa shape index (κ2) is 10.1. The van der Waals surface area contributed by atoms with Crippen molar-refractivity contribution in [3.05, 3.63) is 114 Å². The summed E-state index contributed by atoms with van der Waals surface area (Å²) in [6.45, 7) is 1.67. The summed E-state index contributed by atoms with van der Waals surface area (Å²) >= 11 is 6.14. The molecular formula is C30H23ClN2O3. The number of carboxylic acids is 1. The Balaban J connectivity index is 1.63. The van der Waals surface area contributed by atoms with Gasteiger partial charge in [-0.2, -0.15) is 5.10 Å². The maximum atomic E-state index is 10.9. The van der Waals surface area contributed by atoms with Crippen LogP contribution in [0.15, 0.2) is 103 Å². The average Bonchev–Trinajstić information content (AvgIpc) is 3.34. The number of nitrogens with zero attached hydrogens (tertiary/aromatic N) is 2. The minimum Gasteiger partial charge on any atom is -0.482 e. The van der Waals surface area contributed by atoms with Crippen molar-refractivity contribution in [2.24, 2.45) is 0 Å². The van der Waals surface area contributed by atoms with Gasteiger partial charge in [0.1, 0.15) is 5.75 Å². The maximum absolute atomic E-state index is 10.9. The minimum absolute atomic E-state index is 0.392. The predicted octanol–water partition coefficient (Wildman–Crippen LogP) is 7.30. The quantitative estimate of drug-likeness (QED) is 0.258. The Morgan fingerprint density at radius 3 is 2.31 bits per heavy atom. The lowest BCUT2D eigenvalue weighted by molar-refractivity contribution is -0.139. The summed E-state index contributed by atoms with van der Waals surface area (Å²) in [5.41, 5.74) is 7.74. The second-order valence-corrected chi connectivity index (χ2v) is 8.86. The van der Waals surface area contributed by atoms with E-state index in [0.717, 1.165) is 39.3 Å². The van der Waals surface area contributed by atoms with Crippen molar-refractivity contribution in [1.29, 1.82) is 0 Å². The van der Waals surface area contributed by atoms with Crippen molar-refractivity contribution >= 4 is 17.6 Å². The van der Waals surface area contributed by atoms with Gasteiger partial charge in [-0.3, -0.25) is 0 Å². The maximum Gasteiger partial charge on any atom is 0.341 e. The van der Waals surface area contributed by atoms with Crippen LogP contribution in [0.4, 0.5) is 0 Å². The molecule has 4 aromatic carbocycles. The first-order valence-corrected chi connectivity index (χ1v) is 11.8. The van der Waals surface area contributed by atoms with E-state index in [4.69, 9.17) is 26.5 Å². The fourth-order valence-electron chi connectivity index (χ4n) is 4.08. The largest absolute Gasteiger partial charge is 0.482 e. The molecule has 5 nitrogen and oxygen atoms in total. The fraction of sp³-hybridized carbons (Fsp3) is 0.0667. The van der Waals surface area contributed by atoms with Gasteiger partial charge in [0.25, 0.3) is 0 Å². The van der Waals surface area contributed by atoms with Crippen molar-refractivity contribution in [3.63, 3.8) is 0 Å². The number of hydrogen-bond acceptors (Lipinski definition) is 3. The van der Waals surface area contributed by atoms with Crippen molar-refractivity contribution in [2.75, 3.05) is 6.61 Å². The van der Waals surface area contributed by atoms with Gasteiger partial charge in [-0.15, -0.1) is 0 Å². The minimum atomic E-state index is -1.02. The Morgan fingerprint density at radius 2 is 1.58 bits per heavy atom. The molecule has 0 unspecified atom stereocenters. The zero-order valence-corrected chi connectivity index (χ0v) is 20.3. The van der Waals surface area contributed by atoms with Gasteiger partial charge in [0.15, 0.2) is 6.61 Å². The summed E-state index contributed by atoms with van der Waals surface area (Å²) in [7, 11) is 0. The standard InChI is InChI=1S/C30H23ClN2O3/c1-20-9-11-21(12-10-20)29-18-28(32-33(29)24-15-13-23(31)14-16-24)27-8-3-2-7-26(27)22-5-4-6-25(17-22)36-19-30(34)35/h2-18H,19H2,1H3,(H,34,35). The summed E-state index contributed by atoms with van der Waals surface area (Å²) in [4.78, 5) is 10.9. The molecule has 0 saturated carbocycles. The van der Waals surface area contributed by atoms with E-state index in [1.54, 1.807) is 6.07 Å². The molecule has 0 spiro atoms. The summed E-state index contributed by atoms with van der Waals surface area (Å²) in [6.07, 6.45) is 0. The number of rotatable bonds is 7. The molecule has 0 fully saturated rings. The van der Waals surface area contributed by atoms with Crippen LogP contribution < -0.4 is 4.74 Å². The van der Waals surface area contributed by atoms with Crippen LogP contribution in [-0.2, 0) is 4.79 Å². The van der Waals surface area contributed by atoms with Crippen LogP contribution in [-0.4, -0.2) is 27.5 Å². The molecule has 0 radical (unpaired) electrons. The topological polar surface area (TPSA) is 64.3 Å². The van der Waals surface area contributed by atoms with Crippen LogP contribution in [0.2, 0.25) is 5.02 Å². The van der Waals surface area contributed by atoms with E-state index in [9.17, 15) is 4.79 Å². The number of hydrogen-bond donors (Lipinski definition) is 1. The highest BCUT2D eigenvalue weighted by Gasteiger charge is 2.16. The Kier molecular flexibility index (Phi) is 6.56. The molecular weight excluding hydrogens is 472 g/mol. The van der Waals surface area contributed by atoms with E-state index in [1.807, 2.05) is 71.4 Å². The third kappa shape index (κ3) is 5.02. The highest BCUT2D eigenvalue weighted by molar-refractivity contribution is 6.30. The van der Waals surface area contributed by atoms with E-state index in [0.29, 0.717) is 10.8 Å². The first kappa shape index (κ1) is 23.4. The number of carbonyl (C=O) groups is 1. The van der Waals surface area contributed by atoms with Gasteiger partial charge in [0, 0.05) is 16.1 Å². The SMILES string of the molecule is Cc1ccc(-c2cc(-c3ccccc3-c3cccc(OCC(=O)O)c3)nn2-c2ccc(Cl)cc2)cc1. The Hall–Kier alpha value is -4.35. The average molecular weight is 495 g/mol. The molecule has 0 aliphatic rings. The molecule has 0 aliphatic carbocycles. The molecule has 178 valence electrons. The summed E-state index contributed by atoms with van der Waals surface area (Å²) in [6, 6.07) is 33.5. The lowest BCUT2D eigenvalue weighted by atomic mass is 9.97. The molecule has 5 aromatic rings. The van der Waals surface area contributed by atoms with Crippen LogP contribution in [0.5, 0.6) is 5.75 Å². The number of aromatic nitrogens is 2. The Labute approximate surface area is 214 Å². The highest BCUT2D eigenvalue weighted by Crippen LogP contribution is 2.36. The molecule has 1 aromatic heterocycles. The molecule has 0 amide bonds. The molecule has 0 saturated heterocycles. The van der Waals surface area contributed by atoms with Gasteiger partial charge >= 0.3 is 5.97 Å². The normalized spacial score (nSPS) is 10.8. The number of aliphatic carboxylic acids is 1. The van der Waals surface area contributed by atoms with Crippen LogP contribution in [0.3, 0.4) is 0 Å². The van der Waals surface area contributed by atoms with Crippen molar-refractivity contribution in [3.8, 4) is 45.1 Å². The van der Waals surface area contributed by atoms with Crippen LogP contribution in [0.1, 0.15) is 5.56 Å². The van der Waals surface area contributed by atoms with Crippen molar-refractivity contribution in [1.82, 2.24) is 9.78 Å². The molecule has 36 heavy (non-hydrogen) atoms. The van der Waals surface area contributed by atoms with E-state index in [1.165, 1.54) is 5.56 Å². The van der Waals surface area contributed by atoms with E-state index >= 15 is 0 Å². The van der Waals surface area contributed by atoms with Gasteiger partial charge in [0.05, 0.1) is 17.1 Å². The van der Waals surface area contributed by atoms with Gasteiger partial charge in [-0.05, 0) is 60.5 Å². The van der Waals surface area contributed by atoms with Gasteiger partial charge in [0.2, 0.25) is 0 Å². The monoisotopic (exact) mass is 494 g/mol. The number of benzene rings is 4. The van der Waals surface area contributed by atoms with E-state index < -0.39 is 12.6 Å². The van der Waals surface area contributed by atoms with Crippen LogP contribution >= 0.6 is 11.6 Å². The number of halogens is 1. The Bertz CT molecular complexity index is 1460. The van der Waals surface area contributed by atoms with Gasteiger partial charge in [-0.25, -0.2) is 9.48 Å². The van der Waals surface area contributed by atoms with E-state index in [-0.39, 0.29) is 0 Å². The first-order valence-electron chi connectivity index (χ1n) is 11.5. The van der Waals surface area contributed by atoms with Crippen molar-refractivity contribution in [2.45, 2.75) is 6.92 Å². The molecule has 5 rings (SSSR count). The van der Waals surface area contributed by atoms with Crippen LogP contribution in [0, 0.1) is 6.92 Å². The highest BCUT2D eigenvalue weighted by atomic mass is 35.5. The lowest BCUT2D eigenvalue weighted by Gasteiger charge is -2.10. The smallest absolute Gasteiger partial charge is 0.341 e. The molecule has 0 atom stereocenters. The fourth-order valence-corrected chi connectivity index (χ4v) is 4.20. The zero-order chi connectivity index (χ0) is 25.1. The summed E-state index contributed by atoms with van der Waals surface area (Å²) in [5, 5.41) is 14.6. The number of ether oxygens (including phenoxy) is 1. The summed E-state index contributed by atoms with van der Waals surface area (Å²) in [5.74, 6) is -0.520. The van der Waals surface area contributed by atoms with Gasteiger partial charge < -0.3 is 9.84 Å². The molecule has 0 bridgehead atoms. The number of aryl methyl sites for hydroxylation is 1. The Morgan fingerprint density at radius 1 is 0.861 bits per heavy atom. The predicted molar refractivity (Wildman–Crippen MR) is 143 cm³/mol. The zero-order valence-electron chi connectivity index (χ0n) is 19.6. The molecule has 6 heteroatoms.